The smallest absolute Gasteiger partial charge is 0.215 e. The summed E-state index contributed by atoms with van der Waals surface area (Å²) in [5.74, 6) is 0.307. The highest BCUT2D eigenvalue weighted by atomic mass is 35.5. The normalized spacial score (nSPS) is 10.2. The van der Waals surface area contributed by atoms with Gasteiger partial charge in [-0.1, -0.05) is 17.7 Å². The Morgan fingerprint density at radius 2 is 2.11 bits per heavy atom. The number of hydrogen-bond acceptors (Lipinski definition) is 3. The van der Waals surface area contributed by atoms with Crippen molar-refractivity contribution in [3.63, 3.8) is 0 Å². The number of carbonyl (C=O) groups excluding carboxylic acids is 1. The van der Waals surface area contributed by atoms with E-state index in [1.807, 2.05) is 13.0 Å². The number of halogens is 1. The fourth-order valence-electron chi connectivity index (χ4n) is 1.71. The zero-order chi connectivity index (χ0) is 13.1. The summed E-state index contributed by atoms with van der Waals surface area (Å²) >= 11 is 5.92. The lowest BCUT2D eigenvalue weighted by atomic mass is 10.0. The van der Waals surface area contributed by atoms with Crippen molar-refractivity contribution >= 4 is 17.4 Å². The van der Waals surface area contributed by atoms with E-state index in [0.29, 0.717) is 22.0 Å². The third-order valence-electron chi connectivity index (χ3n) is 2.63. The van der Waals surface area contributed by atoms with E-state index in [9.17, 15) is 4.79 Å². The molecule has 0 saturated carbocycles. The molecule has 0 atom stereocenters. The SMILES string of the molecule is COc1ccc(Cl)cc1C(=O)c1ncccc1C. The van der Waals surface area contributed by atoms with Gasteiger partial charge < -0.3 is 4.74 Å². The molecule has 0 bridgehead atoms. The van der Waals surface area contributed by atoms with Crippen molar-refractivity contribution in [1.29, 1.82) is 0 Å². The van der Waals surface area contributed by atoms with Crippen LogP contribution >= 0.6 is 11.6 Å². The molecule has 18 heavy (non-hydrogen) atoms. The first-order chi connectivity index (χ1) is 8.63. The average Bonchev–Trinajstić information content (AvgIpc) is 2.38. The Morgan fingerprint density at radius 1 is 1.33 bits per heavy atom. The Hall–Kier alpha value is -1.87. The van der Waals surface area contributed by atoms with E-state index in [-0.39, 0.29) is 5.78 Å². The summed E-state index contributed by atoms with van der Waals surface area (Å²) in [6.07, 6.45) is 1.59. The number of hydrogen-bond donors (Lipinski definition) is 0. The molecule has 0 amide bonds. The zero-order valence-electron chi connectivity index (χ0n) is 10.1. The monoisotopic (exact) mass is 261 g/mol. The molecule has 0 radical (unpaired) electrons. The highest BCUT2D eigenvalue weighted by Crippen LogP contribution is 2.25. The third-order valence-corrected chi connectivity index (χ3v) is 2.87. The van der Waals surface area contributed by atoms with Crippen LogP contribution in [0.15, 0.2) is 36.5 Å². The molecule has 0 aliphatic rings. The van der Waals surface area contributed by atoms with Crippen LogP contribution in [0.2, 0.25) is 5.02 Å². The molecule has 2 rings (SSSR count). The fraction of sp³-hybridized carbons (Fsp3) is 0.143. The van der Waals surface area contributed by atoms with Crippen LogP contribution in [0.25, 0.3) is 0 Å². The number of rotatable bonds is 3. The number of benzene rings is 1. The number of pyridine rings is 1. The minimum atomic E-state index is -0.188. The first-order valence-electron chi connectivity index (χ1n) is 5.43. The van der Waals surface area contributed by atoms with E-state index in [1.54, 1.807) is 30.5 Å². The molecule has 1 aromatic heterocycles. The highest BCUT2D eigenvalue weighted by molar-refractivity contribution is 6.31. The predicted octanol–water partition coefficient (Wildman–Crippen LogP) is 3.28. The van der Waals surface area contributed by atoms with Gasteiger partial charge in [0, 0.05) is 11.2 Å². The Morgan fingerprint density at radius 3 is 2.78 bits per heavy atom. The minimum Gasteiger partial charge on any atom is -0.496 e. The molecule has 0 spiro atoms. The van der Waals surface area contributed by atoms with Crippen LogP contribution in [-0.2, 0) is 0 Å². The Labute approximate surface area is 110 Å². The summed E-state index contributed by atoms with van der Waals surface area (Å²) in [5.41, 5.74) is 1.66. The van der Waals surface area contributed by atoms with Crippen LogP contribution < -0.4 is 4.74 Å². The summed E-state index contributed by atoms with van der Waals surface area (Å²) in [5, 5.41) is 0.493. The van der Waals surface area contributed by atoms with Crippen molar-refractivity contribution in [3.8, 4) is 5.75 Å². The molecule has 1 aromatic carbocycles. The molecule has 0 N–H and O–H groups in total. The van der Waals surface area contributed by atoms with Gasteiger partial charge in [-0.25, -0.2) is 0 Å². The van der Waals surface area contributed by atoms with Gasteiger partial charge in [-0.15, -0.1) is 0 Å². The van der Waals surface area contributed by atoms with E-state index in [1.165, 1.54) is 7.11 Å². The van der Waals surface area contributed by atoms with Crippen molar-refractivity contribution in [2.75, 3.05) is 7.11 Å². The fourth-order valence-corrected chi connectivity index (χ4v) is 1.88. The molecular weight excluding hydrogens is 250 g/mol. The van der Waals surface area contributed by atoms with E-state index in [0.717, 1.165) is 5.56 Å². The molecule has 0 unspecified atom stereocenters. The maximum Gasteiger partial charge on any atom is 0.215 e. The zero-order valence-corrected chi connectivity index (χ0v) is 10.9. The third kappa shape index (κ3) is 2.36. The van der Waals surface area contributed by atoms with Gasteiger partial charge in [0.25, 0.3) is 0 Å². The van der Waals surface area contributed by atoms with E-state index < -0.39 is 0 Å². The van der Waals surface area contributed by atoms with E-state index >= 15 is 0 Å². The van der Waals surface area contributed by atoms with Crippen molar-refractivity contribution < 1.29 is 9.53 Å². The molecule has 3 nitrogen and oxygen atoms in total. The van der Waals surface area contributed by atoms with Crippen LogP contribution in [0, 0.1) is 6.92 Å². The first-order valence-corrected chi connectivity index (χ1v) is 5.81. The number of aryl methyl sites for hydroxylation is 1. The molecule has 1 heterocycles. The lowest BCUT2D eigenvalue weighted by Gasteiger charge is -2.08. The summed E-state index contributed by atoms with van der Waals surface area (Å²) < 4.78 is 5.18. The molecule has 0 fully saturated rings. The van der Waals surface area contributed by atoms with Gasteiger partial charge in [-0.3, -0.25) is 9.78 Å². The quantitative estimate of drug-likeness (QED) is 0.796. The number of ether oxygens (including phenoxy) is 1. The molecule has 2 aromatic rings. The molecular formula is C14H12ClNO2. The van der Waals surface area contributed by atoms with Gasteiger partial charge >= 0.3 is 0 Å². The largest absolute Gasteiger partial charge is 0.496 e. The van der Waals surface area contributed by atoms with Gasteiger partial charge in [0.05, 0.1) is 12.7 Å². The number of aromatic nitrogens is 1. The molecule has 0 aliphatic heterocycles. The van der Waals surface area contributed by atoms with Crippen molar-refractivity contribution in [3.05, 3.63) is 58.4 Å². The number of ketones is 1. The topological polar surface area (TPSA) is 39.2 Å². The molecule has 4 heteroatoms. The number of nitrogens with zero attached hydrogens (tertiary/aromatic N) is 1. The highest BCUT2D eigenvalue weighted by Gasteiger charge is 2.17. The number of carbonyl (C=O) groups is 1. The second-order valence-corrected chi connectivity index (χ2v) is 4.28. The molecule has 0 aliphatic carbocycles. The van der Waals surface area contributed by atoms with E-state index in [4.69, 9.17) is 16.3 Å². The van der Waals surface area contributed by atoms with Gasteiger partial charge in [0.2, 0.25) is 5.78 Å². The van der Waals surface area contributed by atoms with Crippen LogP contribution in [0.4, 0.5) is 0 Å². The molecule has 92 valence electrons. The number of methoxy groups -OCH3 is 1. The van der Waals surface area contributed by atoms with Crippen LogP contribution in [0.5, 0.6) is 5.75 Å². The van der Waals surface area contributed by atoms with Crippen LogP contribution in [0.3, 0.4) is 0 Å². The summed E-state index contributed by atoms with van der Waals surface area (Å²) in [6, 6.07) is 8.59. The standard InChI is InChI=1S/C14H12ClNO2/c1-9-4-3-7-16-13(9)14(17)11-8-10(15)5-6-12(11)18-2/h3-8H,1-2H3. The lowest BCUT2D eigenvalue weighted by molar-refractivity contribution is 0.103. The summed E-state index contributed by atoms with van der Waals surface area (Å²) in [6.45, 7) is 1.84. The van der Waals surface area contributed by atoms with Gasteiger partial charge in [0.15, 0.2) is 0 Å². The van der Waals surface area contributed by atoms with Gasteiger partial charge in [-0.05, 0) is 36.8 Å². The van der Waals surface area contributed by atoms with Crippen LogP contribution in [0.1, 0.15) is 21.6 Å². The van der Waals surface area contributed by atoms with Crippen molar-refractivity contribution in [1.82, 2.24) is 4.98 Å². The van der Waals surface area contributed by atoms with E-state index in [2.05, 4.69) is 4.98 Å². The molecule has 0 saturated heterocycles. The van der Waals surface area contributed by atoms with Crippen LogP contribution in [-0.4, -0.2) is 17.9 Å². The Kier molecular flexibility index (Phi) is 3.63. The first kappa shape index (κ1) is 12.6. The van der Waals surface area contributed by atoms with Crippen molar-refractivity contribution in [2.45, 2.75) is 6.92 Å². The second-order valence-electron chi connectivity index (χ2n) is 3.84. The average molecular weight is 262 g/mol. The Bertz CT molecular complexity index is 596. The predicted molar refractivity (Wildman–Crippen MR) is 70.4 cm³/mol. The summed E-state index contributed by atoms with van der Waals surface area (Å²) in [4.78, 5) is 16.5. The van der Waals surface area contributed by atoms with Gasteiger partial charge in [-0.2, -0.15) is 0 Å². The van der Waals surface area contributed by atoms with Crippen molar-refractivity contribution in [2.24, 2.45) is 0 Å². The maximum atomic E-state index is 12.4. The lowest BCUT2D eigenvalue weighted by Crippen LogP contribution is -2.08. The summed E-state index contributed by atoms with van der Waals surface area (Å²) in [7, 11) is 1.52. The maximum absolute atomic E-state index is 12.4. The minimum absolute atomic E-state index is 0.188. The second kappa shape index (κ2) is 5.19. The Balaban J connectivity index is 2.52. The van der Waals surface area contributed by atoms with Gasteiger partial charge in [0.1, 0.15) is 11.4 Å².